The molecule has 4 rings (SSSR count). The molecule has 9 heteroatoms. The SMILES string of the molecule is Fc1ccc(Nc2ncnc3cnc(NCCN4CCCC4)nc23)cc1Cl. The molecular formula is C18H19ClFN7. The van der Waals surface area contributed by atoms with Crippen molar-refractivity contribution in [1.29, 1.82) is 0 Å². The standard InChI is InChI=1S/C18H19ClFN7/c19-13-9-12(3-4-14(13)20)25-17-16-15(23-11-24-17)10-22-18(26-16)21-5-8-27-6-1-2-7-27/h3-4,9-11H,1-2,5-8H2,(H,21,22,26)(H,23,24,25). The first-order chi connectivity index (χ1) is 13.2. The van der Waals surface area contributed by atoms with Gasteiger partial charge in [-0.25, -0.2) is 24.3 Å². The molecule has 0 bridgehead atoms. The molecule has 7 nitrogen and oxygen atoms in total. The molecule has 2 aromatic heterocycles. The highest BCUT2D eigenvalue weighted by Crippen LogP contribution is 2.25. The predicted octanol–water partition coefficient (Wildman–Crippen LogP) is 3.46. The molecule has 1 aliphatic rings. The van der Waals surface area contributed by atoms with Crippen molar-refractivity contribution in [2.75, 3.05) is 36.8 Å². The van der Waals surface area contributed by atoms with Gasteiger partial charge in [-0.15, -0.1) is 0 Å². The second kappa shape index (κ2) is 7.98. The molecule has 27 heavy (non-hydrogen) atoms. The Morgan fingerprint density at radius 1 is 1.15 bits per heavy atom. The van der Waals surface area contributed by atoms with E-state index in [0.717, 1.165) is 26.2 Å². The highest BCUT2D eigenvalue weighted by molar-refractivity contribution is 6.31. The third-order valence-electron chi connectivity index (χ3n) is 4.47. The fourth-order valence-electron chi connectivity index (χ4n) is 3.07. The van der Waals surface area contributed by atoms with E-state index >= 15 is 0 Å². The lowest BCUT2D eigenvalue weighted by atomic mass is 10.3. The maximum Gasteiger partial charge on any atom is 0.223 e. The monoisotopic (exact) mass is 387 g/mol. The number of benzene rings is 1. The molecule has 1 saturated heterocycles. The van der Waals surface area contributed by atoms with E-state index in [2.05, 4.69) is 35.5 Å². The summed E-state index contributed by atoms with van der Waals surface area (Å²) in [6.45, 7) is 4.05. The first-order valence-electron chi connectivity index (χ1n) is 8.85. The Hall–Kier alpha value is -2.58. The molecule has 0 unspecified atom stereocenters. The van der Waals surface area contributed by atoms with E-state index in [0.29, 0.717) is 28.5 Å². The molecular weight excluding hydrogens is 369 g/mol. The zero-order valence-electron chi connectivity index (χ0n) is 14.6. The molecule has 1 fully saturated rings. The van der Waals surface area contributed by atoms with Crippen LogP contribution in [0.3, 0.4) is 0 Å². The van der Waals surface area contributed by atoms with Gasteiger partial charge in [0.25, 0.3) is 0 Å². The minimum atomic E-state index is -0.471. The topological polar surface area (TPSA) is 78.9 Å². The summed E-state index contributed by atoms with van der Waals surface area (Å²) < 4.78 is 13.4. The molecule has 1 aliphatic heterocycles. The van der Waals surface area contributed by atoms with E-state index in [9.17, 15) is 4.39 Å². The van der Waals surface area contributed by atoms with Gasteiger partial charge in [0.15, 0.2) is 5.82 Å². The third kappa shape index (κ3) is 4.23. The molecule has 0 amide bonds. The summed E-state index contributed by atoms with van der Waals surface area (Å²) in [7, 11) is 0. The fourth-order valence-corrected chi connectivity index (χ4v) is 3.25. The summed E-state index contributed by atoms with van der Waals surface area (Å²) in [5, 5.41) is 6.41. The predicted molar refractivity (Wildman–Crippen MR) is 104 cm³/mol. The van der Waals surface area contributed by atoms with Crippen LogP contribution in [0.4, 0.5) is 21.8 Å². The van der Waals surface area contributed by atoms with Crippen LogP contribution in [-0.4, -0.2) is 51.0 Å². The number of halogens is 2. The maximum atomic E-state index is 13.4. The molecule has 0 radical (unpaired) electrons. The van der Waals surface area contributed by atoms with Crippen LogP contribution in [0.25, 0.3) is 11.0 Å². The van der Waals surface area contributed by atoms with Gasteiger partial charge in [0.1, 0.15) is 23.2 Å². The van der Waals surface area contributed by atoms with E-state index in [-0.39, 0.29) is 5.02 Å². The fraction of sp³-hybridized carbons (Fsp3) is 0.333. The van der Waals surface area contributed by atoms with Crippen molar-refractivity contribution in [2.45, 2.75) is 12.8 Å². The van der Waals surface area contributed by atoms with Gasteiger partial charge in [-0.05, 0) is 44.1 Å². The molecule has 2 N–H and O–H groups in total. The average molecular weight is 388 g/mol. The average Bonchev–Trinajstić information content (AvgIpc) is 3.19. The Bertz CT molecular complexity index is 946. The van der Waals surface area contributed by atoms with Gasteiger partial charge >= 0.3 is 0 Å². The summed E-state index contributed by atoms with van der Waals surface area (Å²) >= 11 is 5.85. The number of aromatic nitrogens is 4. The van der Waals surface area contributed by atoms with Gasteiger partial charge in [0.2, 0.25) is 5.95 Å². The Morgan fingerprint density at radius 2 is 2.00 bits per heavy atom. The van der Waals surface area contributed by atoms with Crippen LogP contribution in [0.15, 0.2) is 30.7 Å². The lowest BCUT2D eigenvalue weighted by Crippen LogP contribution is -2.26. The Morgan fingerprint density at radius 3 is 2.81 bits per heavy atom. The van der Waals surface area contributed by atoms with Crippen molar-refractivity contribution in [3.63, 3.8) is 0 Å². The minimum absolute atomic E-state index is 0.0391. The van der Waals surface area contributed by atoms with Crippen LogP contribution in [0.5, 0.6) is 0 Å². The zero-order valence-corrected chi connectivity index (χ0v) is 15.4. The summed E-state index contributed by atoms with van der Waals surface area (Å²) in [5.41, 5.74) is 1.81. The lowest BCUT2D eigenvalue weighted by molar-refractivity contribution is 0.352. The Kier molecular flexibility index (Phi) is 5.26. The zero-order chi connectivity index (χ0) is 18.6. The lowest BCUT2D eigenvalue weighted by Gasteiger charge is -2.15. The normalized spacial score (nSPS) is 14.6. The van der Waals surface area contributed by atoms with E-state index in [1.165, 1.54) is 31.3 Å². The number of hydrogen-bond acceptors (Lipinski definition) is 7. The number of likely N-dealkylation sites (tertiary alicyclic amines) is 1. The second-order valence-corrected chi connectivity index (χ2v) is 6.79. The Balaban J connectivity index is 1.52. The van der Waals surface area contributed by atoms with Crippen molar-refractivity contribution >= 4 is 40.1 Å². The first-order valence-corrected chi connectivity index (χ1v) is 9.23. The number of hydrogen-bond donors (Lipinski definition) is 2. The molecule has 0 atom stereocenters. The number of nitrogens with one attached hydrogen (secondary N) is 2. The Labute approximate surface area is 161 Å². The van der Waals surface area contributed by atoms with Crippen LogP contribution in [0.1, 0.15) is 12.8 Å². The molecule has 3 aromatic rings. The van der Waals surface area contributed by atoms with E-state index in [4.69, 9.17) is 11.6 Å². The second-order valence-electron chi connectivity index (χ2n) is 6.38. The van der Waals surface area contributed by atoms with Crippen molar-refractivity contribution in [3.05, 3.63) is 41.6 Å². The van der Waals surface area contributed by atoms with Crippen LogP contribution in [-0.2, 0) is 0 Å². The molecule has 0 spiro atoms. The minimum Gasteiger partial charge on any atom is -0.353 e. The number of fused-ring (bicyclic) bond motifs is 1. The van der Waals surface area contributed by atoms with E-state index < -0.39 is 5.82 Å². The summed E-state index contributed by atoms with van der Waals surface area (Å²) in [6.07, 6.45) is 5.63. The van der Waals surface area contributed by atoms with Crippen molar-refractivity contribution in [2.24, 2.45) is 0 Å². The molecule has 1 aromatic carbocycles. The van der Waals surface area contributed by atoms with Gasteiger partial charge < -0.3 is 15.5 Å². The third-order valence-corrected chi connectivity index (χ3v) is 4.76. The van der Waals surface area contributed by atoms with Gasteiger partial charge in [-0.1, -0.05) is 11.6 Å². The van der Waals surface area contributed by atoms with Crippen LogP contribution >= 0.6 is 11.6 Å². The van der Waals surface area contributed by atoms with Gasteiger partial charge in [-0.2, -0.15) is 0 Å². The first kappa shape index (κ1) is 17.8. The van der Waals surface area contributed by atoms with E-state index in [1.54, 1.807) is 12.3 Å². The van der Waals surface area contributed by atoms with Crippen LogP contribution in [0, 0.1) is 5.82 Å². The number of anilines is 3. The van der Waals surface area contributed by atoms with Crippen LogP contribution in [0.2, 0.25) is 5.02 Å². The maximum absolute atomic E-state index is 13.4. The highest BCUT2D eigenvalue weighted by atomic mass is 35.5. The van der Waals surface area contributed by atoms with Crippen molar-refractivity contribution < 1.29 is 4.39 Å². The number of nitrogens with zero attached hydrogens (tertiary/aromatic N) is 5. The number of rotatable bonds is 6. The molecule has 0 saturated carbocycles. The molecule has 3 heterocycles. The van der Waals surface area contributed by atoms with Crippen molar-refractivity contribution in [1.82, 2.24) is 24.8 Å². The van der Waals surface area contributed by atoms with Crippen molar-refractivity contribution in [3.8, 4) is 0 Å². The summed E-state index contributed by atoms with van der Waals surface area (Å²) in [6, 6.07) is 4.39. The smallest absolute Gasteiger partial charge is 0.223 e. The van der Waals surface area contributed by atoms with Gasteiger partial charge in [0, 0.05) is 18.8 Å². The molecule has 140 valence electrons. The highest BCUT2D eigenvalue weighted by Gasteiger charge is 2.12. The summed E-state index contributed by atoms with van der Waals surface area (Å²) in [4.78, 5) is 19.7. The molecule has 0 aliphatic carbocycles. The summed E-state index contributed by atoms with van der Waals surface area (Å²) in [5.74, 6) is 0.561. The largest absolute Gasteiger partial charge is 0.353 e. The van der Waals surface area contributed by atoms with Gasteiger partial charge in [0.05, 0.1) is 11.2 Å². The van der Waals surface area contributed by atoms with Crippen LogP contribution < -0.4 is 10.6 Å². The van der Waals surface area contributed by atoms with Gasteiger partial charge in [-0.3, -0.25) is 0 Å². The van der Waals surface area contributed by atoms with E-state index in [1.807, 2.05) is 0 Å². The quantitative estimate of drug-likeness (QED) is 0.670.